The van der Waals surface area contributed by atoms with Crippen LogP contribution in [0, 0.1) is 0 Å². The van der Waals surface area contributed by atoms with Crippen molar-refractivity contribution in [3.05, 3.63) is 16.4 Å². The molecule has 0 radical (unpaired) electrons. The molecule has 1 aliphatic heterocycles. The third-order valence-electron chi connectivity index (χ3n) is 3.76. The summed E-state index contributed by atoms with van der Waals surface area (Å²) in [5.41, 5.74) is 0.863. The minimum Gasteiger partial charge on any atom is -0.247 e. The SMILES string of the molecule is CC(C)(C)c1nn(C2(C)CCS(=O)(=O)C2)c(Cl)c1CCl. The highest BCUT2D eigenvalue weighted by Gasteiger charge is 2.43. The van der Waals surface area contributed by atoms with Gasteiger partial charge in [-0.3, -0.25) is 0 Å². The lowest BCUT2D eigenvalue weighted by Gasteiger charge is -2.24. The van der Waals surface area contributed by atoms with Gasteiger partial charge in [0.05, 0.1) is 28.6 Å². The quantitative estimate of drug-likeness (QED) is 0.778. The van der Waals surface area contributed by atoms with Crippen molar-refractivity contribution in [3.63, 3.8) is 0 Å². The Morgan fingerprint density at radius 2 is 2.00 bits per heavy atom. The van der Waals surface area contributed by atoms with E-state index >= 15 is 0 Å². The van der Waals surface area contributed by atoms with E-state index in [1.54, 1.807) is 4.68 Å². The molecule has 114 valence electrons. The van der Waals surface area contributed by atoms with E-state index in [2.05, 4.69) is 5.10 Å². The maximum Gasteiger partial charge on any atom is 0.152 e. The molecule has 1 aliphatic rings. The van der Waals surface area contributed by atoms with Crippen LogP contribution >= 0.6 is 23.2 Å². The molecule has 2 heterocycles. The summed E-state index contributed by atoms with van der Waals surface area (Å²) in [4.78, 5) is 0. The van der Waals surface area contributed by atoms with Crippen LogP contribution in [0.5, 0.6) is 0 Å². The van der Waals surface area contributed by atoms with Crippen LogP contribution in [-0.2, 0) is 26.7 Å². The third-order valence-corrected chi connectivity index (χ3v) is 6.30. The Balaban J connectivity index is 2.57. The van der Waals surface area contributed by atoms with Crippen LogP contribution in [0.2, 0.25) is 5.15 Å². The number of aromatic nitrogens is 2. The second kappa shape index (κ2) is 4.89. The van der Waals surface area contributed by atoms with Gasteiger partial charge in [-0.05, 0) is 13.3 Å². The molecule has 1 unspecified atom stereocenters. The maximum atomic E-state index is 11.8. The fraction of sp³-hybridized carbons (Fsp3) is 0.769. The van der Waals surface area contributed by atoms with Crippen molar-refractivity contribution >= 4 is 33.0 Å². The molecule has 0 N–H and O–H groups in total. The van der Waals surface area contributed by atoms with E-state index < -0.39 is 15.4 Å². The van der Waals surface area contributed by atoms with Crippen LogP contribution in [-0.4, -0.2) is 29.7 Å². The van der Waals surface area contributed by atoms with Crippen LogP contribution in [0.15, 0.2) is 0 Å². The number of halogens is 2. The zero-order chi connectivity index (χ0) is 15.3. The van der Waals surface area contributed by atoms with Gasteiger partial charge >= 0.3 is 0 Å². The highest BCUT2D eigenvalue weighted by Crippen LogP contribution is 2.38. The molecule has 0 bridgehead atoms. The van der Waals surface area contributed by atoms with Crippen molar-refractivity contribution in [2.45, 2.75) is 50.9 Å². The molecular formula is C13H20Cl2N2O2S. The van der Waals surface area contributed by atoms with E-state index in [0.29, 0.717) is 11.6 Å². The van der Waals surface area contributed by atoms with Gasteiger partial charge in [-0.1, -0.05) is 32.4 Å². The van der Waals surface area contributed by atoms with Gasteiger partial charge in [0.1, 0.15) is 5.15 Å². The molecule has 0 aromatic carbocycles. The van der Waals surface area contributed by atoms with E-state index in [1.807, 2.05) is 27.7 Å². The molecule has 1 fully saturated rings. The summed E-state index contributed by atoms with van der Waals surface area (Å²) in [6, 6.07) is 0. The molecule has 4 nitrogen and oxygen atoms in total. The summed E-state index contributed by atoms with van der Waals surface area (Å²) < 4.78 is 25.2. The number of alkyl halides is 1. The van der Waals surface area contributed by atoms with Gasteiger partial charge in [0.25, 0.3) is 0 Å². The lowest BCUT2D eigenvalue weighted by Crippen LogP contribution is -2.33. The molecule has 0 aliphatic carbocycles. The Kier molecular flexibility index (Phi) is 3.94. The molecule has 0 spiro atoms. The van der Waals surface area contributed by atoms with E-state index in [-0.39, 0.29) is 22.8 Å². The standard InChI is InChI=1S/C13H20Cl2N2O2S/c1-12(2,3)10-9(7-14)11(15)17(16-10)13(4)5-6-20(18,19)8-13/h5-8H2,1-4H3. The minimum atomic E-state index is -3.02. The summed E-state index contributed by atoms with van der Waals surface area (Å²) in [5.74, 6) is 0.529. The smallest absolute Gasteiger partial charge is 0.152 e. The van der Waals surface area contributed by atoms with Gasteiger partial charge in [-0.2, -0.15) is 5.10 Å². The lowest BCUT2D eigenvalue weighted by molar-refractivity contribution is 0.323. The fourth-order valence-electron chi connectivity index (χ4n) is 2.67. The van der Waals surface area contributed by atoms with Gasteiger partial charge in [0.2, 0.25) is 0 Å². The monoisotopic (exact) mass is 338 g/mol. The minimum absolute atomic E-state index is 0.0761. The summed E-state index contributed by atoms with van der Waals surface area (Å²) in [6.45, 7) is 8.01. The number of nitrogens with zero attached hydrogens (tertiary/aromatic N) is 2. The molecule has 1 aromatic rings. The zero-order valence-electron chi connectivity index (χ0n) is 12.2. The highest BCUT2D eigenvalue weighted by molar-refractivity contribution is 7.91. The Labute approximate surface area is 130 Å². The Bertz CT molecular complexity index is 632. The van der Waals surface area contributed by atoms with E-state index in [1.165, 1.54) is 0 Å². The predicted octanol–water partition coefficient (Wildman–Crippen LogP) is 3.11. The van der Waals surface area contributed by atoms with Crippen LogP contribution in [0.3, 0.4) is 0 Å². The molecule has 20 heavy (non-hydrogen) atoms. The van der Waals surface area contributed by atoms with Gasteiger partial charge in [0, 0.05) is 11.0 Å². The summed E-state index contributed by atoms with van der Waals surface area (Å²) in [5, 5.41) is 5.07. The maximum absolute atomic E-state index is 11.8. The van der Waals surface area contributed by atoms with E-state index in [9.17, 15) is 8.42 Å². The number of sulfone groups is 1. The molecule has 1 aromatic heterocycles. The van der Waals surface area contributed by atoms with Gasteiger partial charge in [0.15, 0.2) is 9.84 Å². The van der Waals surface area contributed by atoms with Crippen molar-refractivity contribution in [1.82, 2.24) is 9.78 Å². The van der Waals surface area contributed by atoms with E-state index in [4.69, 9.17) is 23.2 Å². The first-order valence-electron chi connectivity index (χ1n) is 6.55. The zero-order valence-corrected chi connectivity index (χ0v) is 14.5. The molecular weight excluding hydrogens is 319 g/mol. The molecule has 1 saturated heterocycles. The second-order valence-corrected chi connectivity index (χ2v) is 9.56. The van der Waals surface area contributed by atoms with Gasteiger partial charge < -0.3 is 0 Å². The lowest BCUT2D eigenvalue weighted by atomic mass is 9.90. The van der Waals surface area contributed by atoms with Crippen molar-refractivity contribution in [2.24, 2.45) is 0 Å². The topological polar surface area (TPSA) is 52.0 Å². The third kappa shape index (κ3) is 2.72. The summed E-state index contributed by atoms with van der Waals surface area (Å²) >= 11 is 12.4. The van der Waals surface area contributed by atoms with Crippen LogP contribution < -0.4 is 0 Å². The summed E-state index contributed by atoms with van der Waals surface area (Å²) in [7, 11) is -3.02. The Hall–Kier alpha value is -0.260. The van der Waals surface area contributed by atoms with Crippen molar-refractivity contribution in [1.29, 1.82) is 0 Å². The molecule has 7 heteroatoms. The van der Waals surface area contributed by atoms with Crippen molar-refractivity contribution < 1.29 is 8.42 Å². The second-order valence-electron chi connectivity index (χ2n) is 6.75. The average molecular weight is 339 g/mol. The Morgan fingerprint density at radius 1 is 1.40 bits per heavy atom. The highest BCUT2D eigenvalue weighted by atomic mass is 35.5. The number of rotatable bonds is 2. The molecule has 0 amide bonds. The van der Waals surface area contributed by atoms with Crippen molar-refractivity contribution in [2.75, 3.05) is 11.5 Å². The fourth-order valence-corrected chi connectivity index (χ4v) is 5.50. The first-order chi connectivity index (χ1) is 9.00. The van der Waals surface area contributed by atoms with Crippen LogP contribution in [0.4, 0.5) is 0 Å². The van der Waals surface area contributed by atoms with Gasteiger partial charge in [-0.15, -0.1) is 11.6 Å². The average Bonchev–Trinajstić information content (AvgIpc) is 2.76. The van der Waals surface area contributed by atoms with Crippen molar-refractivity contribution in [3.8, 4) is 0 Å². The molecule has 2 rings (SSSR count). The number of hydrogen-bond acceptors (Lipinski definition) is 3. The van der Waals surface area contributed by atoms with Crippen LogP contribution in [0.1, 0.15) is 45.4 Å². The number of hydrogen-bond donors (Lipinski definition) is 0. The Morgan fingerprint density at radius 3 is 2.35 bits per heavy atom. The predicted molar refractivity (Wildman–Crippen MR) is 82.4 cm³/mol. The van der Waals surface area contributed by atoms with Crippen LogP contribution in [0.25, 0.3) is 0 Å². The largest absolute Gasteiger partial charge is 0.247 e. The van der Waals surface area contributed by atoms with E-state index in [0.717, 1.165) is 11.3 Å². The molecule has 1 atom stereocenters. The normalized spacial score (nSPS) is 26.1. The first-order valence-corrected chi connectivity index (χ1v) is 9.28. The van der Waals surface area contributed by atoms with Gasteiger partial charge in [-0.25, -0.2) is 13.1 Å². The molecule has 0 saturated carbocycles. The summed E-state index contributed by atoms with van der Waals surface area (Å²) in [6.07, 6.45) is 0.530. The first kappa shape index (κ1) is 16.1.